The van der Waals surface area contributed by atoms with Crippen LogP contribution in [0.4, 0.5) is 0 Å². The van der Waals surface area contributed by atoms with Crippen molar-refractivity contribution in [1.29, 1.82) is 0 Å². The monoisotopic (exact) mass is 300 g/mol. The van der Waals surface area contributed by atoms with E-state index in [9.17, 15) is 14.7 Å². The first kappa shape index (κ1) is 14.6. The van der Waals surface area contributed by atoms with Gasteiger partial charge in [-0.25, -0.2) is 4.79 Å². The van der Waals surface area contributed by atoms with E-state index in [2.05, 4.69) is 4.98 Å². The number of benzene rings is 1. The first-order valence-corrected chi connectivity index (χ1v) is 7.53. The molecule has 1 saturated heterocycles. The van der Waals surface area contributed by atoms with E-state index in [4.69, 9.17) is 0 Å². The molecule has 1 aliphatic heterocycles. The molecule has 3 rings (SSSR count). The maximum atomic E-state index is 12.7. The second kappa shape index (κ2) is 5.16. The molecule has 1 unspecified atom stereocenters. The summed E-state index contributed by atoms with van der Waals surface area (Å²) in [6.07, 6.45) is 1.49. The van der Waals surface area contributed by atoms with Gasteiger partial charge in [-0.3, -0.25) is 4.79 Å². The maximum absolute atomic E-state index is 12.7. The number of aryl methyl sites for hydroxylation is 1. The van der Waals surface area contributed by atoms with Crippen LogP contribution in [-0.2, 0) is 16.0 Å². The van der Waals surface area contributed by atoms with Crippen LogP contribution in [0.1, 0.15) is 31.0 Å². The summed E-state index contributed by atoms with van der Waals surface area (Å²) in [6.45, 7) is 4.11. The van der Waals surface area contributed by atoms with Crippen LogP contribution in [0.5, 0.6) is 0 Å². The highest BCUT2D eigenvalue weighted by Gasteiger charge is 2.45. The van der Waals surface area contributed by atoms with E-state index in [1.807, 2.05) is 31.2 Å². The zero-order valence-corrected chi connectivity index (χ0v) is 12.8. The molecule has 5 heteroatoms. The Morgan fingerprint density at radius 3 is 2.82 bits per heavy atom. The molecular weight excluding hydrogens is 280 g/mol. The highest BCUT2D eigenvalue weighted by atomic mass is 16.4. The van der Waals surface area contributed by atoms with Crippen molar-refractivity contribution < 1.29 is 14.7 Å². The van der Waals surface area contributed by atoms with Crippen LogP contribution >= 0.6 is 0 Å². The van der Waals surface area contributed by atoms with E-state index in [1.54, 1.807) is 6.92 Å². The molecule has 1 atom stereocenters. The number of amides is 1. The third kappa shape index (κ3) is 2.17. The van der Waals surface area contributed by atoms with Crippen LogP contribution in [0.25, 0.3) is 10.9 Å². The van der Waals surface area contributed by atoms with Gasteiger partial charge < -0.3 is 15.0 Å². The number of aromatic amines is 1. The second-order valence-electron chi connectivity index (χ2n) is 6.18. The molecule has 1 amide bonds. The van der Waals surface area contributed by atoms with E-state index in [0.717, 1.165) is 28.6 Å². The number of H-pyrrole nitrogens is 1. The molecule has 5 nitrogen and oxygen atoms in total. The van der Waals surface area contributed by atoms with Crippen molar-refractivity contribution in [2.75, 3.05) is 6.54 Å². The lowest BCUT2D eigenvalue weighted by Crippen LogP contribution is -2.51. The van der Waals surface area contributed by atoms with Gasteiger partial charge >= 0.3 is 5.97 Å². The zero-order valence-electron chi connectivity index (χ0n) is 12.8. The Morgan fingerprint density at radius 2 is 2.09 bits per heavy atom. The molecule has 1 fully saturated rings. The van der Waals surface area contributed by atoms with Gasteiger partial charge in [0.15, 0.2) is 0 Å². The summed E-state index contributed by atoms with van der Waals surface area (Å²) in [5.41, 5.74) is 1.85. The first-order valence-electron chi connectivity index (χ1n) is 7.53. The van der Waals surface area contributed by atoms with E-state index >= 15 is 0 Å². The average Bonchev–Trinajstić information content (AvgIpc) is 3.01. The van der Waals surface area contributed by atoms with Crippen molar-refractivity contribution in [3.63, 3.8) is 0 Å². The molecule has 2 heterocycles. The fourth-order valence-corrected chi connectivity index (χ4v) is 3.39. The van der Waals surface area contributed by atoms with Gasteiger partial charge in [0, 0.05) is 23.1 Å². The molecule has 22 heavy (non-hydrogen) atoms. The lowest BCUT2D eigenvalue weighted by atomic mass is 9.98. The Bertz CT molecular complexity index is 749. The number of aliphatic carboxylic acids is 1. The minimum absolute atomic E-state index is 0.116. The number of nitrogens with zero attached hydrogens (tertiary/aromatic N) is 1. The fourth-order valence-electron chi connectivity index (χ4n) is 3.39. The summed E-state index contributed by atoms with van der Waals surface area (Å²) in [5.74, 6) is -1.04. The number of carbonyl (C=O) groups excluding carboxylic acids is 1. The summed E-state index contributed by atoms with van der Waals surface area (Å²) < 4.78 is 0. The van der Waals surface area contributed by atoms with Crippen LogP contribution in [0, 0.1) is 6.92 Å². The van der Waals surface area contributed by atoms with Gasteiger partial charge in [-0.15, -0.1) is 0 Å². The Morgan fingerprint density at radius 1 is 1.36 bits per heavy atom. The molecular formula is C17H20N2O3. The molecule has 2 N–H and O–H groups in total. The Hall–Kier alpha value is -2.30. The number of carboxylic acid groups (broad SMARTS) is 1. The quantitative estimate of drug-likeness (QED) is 0.914. The standard InChI is InChI=1S/C17H20N2O3/c1-11-13(12-6-3-4-7-14(12)18-11)10-15(20)19-9-5-8-17(19,2)16(21)22/h3-4,6-7,18H,5,8-10H2,1-2H3,(H,21,22). The number of nitrogens with one attached hydrogen (secondary N) is 1. The van der Waals surface area contributed by atoms with Crippen molar-refractivity contribution in [2.45, 2.75) is 38.6 Å². The zero-order chi connectivity index (χ0) is 15.9. The van der Waals surface area contributed by atoms with Crippen LogP contribution in [0.15, 0.2) is 24.3 Å². The van der Waals surface area contributed by atoms with Crippen molar-refractivity contribution in [3.05, 3.63) is 35.5 Å². The number of para-hydroxylation sites is 1. The van der Waals surface area contributed by atoms with Gasteiger partial charge in [-0.1, -0.05) is 18.2 Å². The Labute approximate surface area is 128 Å². The highest BCUT2D eigenvalue weighted by Crippen LogP contribution is 2.31. The molecule has 0 aliphatic carbocycles. The van der Waals surface area contributed by atoms with Gasteiger partial charge in [0.2, 0.25) is 5.91 Å². The summed E-state index contributed by atoms with van der Waals surface area (Å²) >= 11 is 0. The van der Waals surface area contributed by atoms with Crippen LogP contribution < -0.4 is 0 Å². The van der Waals surface area contributed by atoms with Crippen LogP contribution in [0.3, 0.4) is 0 Å². The van der Waals surface area contributed by atoms with Crippen molar-refractivity contribution >= 4 is 22.8 Å². The minimum Gasteiger partial charge on any atom is -0.480 e. The van der Waals surface area contributed by atoms with E-state index in [1.165, 1.54) is 4.90 Å². The van der Waals surface area contributed by atoms with Crippen molar-refractivity contribution in [1.82, 2.24) is 9.88 Å². The van der Waals surface area contributed by atoms with Crippen LogP contribution in [-0.4, -0.2) is 39.0 Å². The molecule has 1 aromatic carbocycles. The topological polar surface area (TPSA) is 73.4 Å². The minimum atomic E-state index is -1.07. The molecule has 1 aromatic heterocycles. The molecule has 2 aromatic rings. The molecule has 0 saturated carbocycles. The van der Waals surface area contributed by atoms with Gasteiger partial charge in [-0.2, -0.15) is 0 Å². The first-order chi connectivity index (χ1) is 10.4. The Kier molecular flexibility index (Phi) is 3.43. The highest BCUT2D eigenvalue weighted by molar-refractivity contribution is 5.93. The number of carboxylic acids is 1. The van der Waals surface area contributed by atoms with E-state index in [0.29, 0.717) is 13.0 Å². The summed E-state index contributed by atoms with van der Waals surface area (Å²) in [7, 11) is 0. The number of rotatable bonds is 3. The summed E-state index contributed by atoms with van der Waals surface area (Å²) in [5, 5.41) is 10.5. The lowest BCUT2D eigenvalue weighted by molar-refractivity contribution is -0.155. The van der Waals surface area contributed by atoms with Crippen molar-refractivity contribution in [3.8, 4) is 0 Å². The van der Waals surface area contributed by atoms with Crippen LogP contribution in [0.2, 0.25) is 0 Å². The summed E-state index contributed by atoms with van der Waals surface area (Å²) in [6, 6.07) is 7.86. The fraction of sp³-hybridized carbons (Fsp3) is 0.412. The van der Waals surface area contributed by atoms with Gasteiger partial charge in [0.1, 0.15) is 5.54 Å². The SMILES string of the molecule is Cc1[nH]c2ccccc2c1CC(=O)N1CCCC1(C)C(=O)O. The Balaban J connectivity index is 1.90. The molecule has 116 valence electrons. The lowest BCUT2D eigenvalue weighted by Gasteiger charge is -2.31. The predicted octanol–water partition coefficient (Wildman–Crippen LogP) is 2.48. The number of likely N-dealkylation sites (tertiary alicyclic amines) is 1. The van der Waals surface area contributed by atoms with Gasteiger partial charge in [0.05, 0.1) is 6.42 Å². The second-order valence-corrected chi connectivity index (χ2v) is 6.18. The number of hydrogen-bond donors (Lipinski definition) is 2. The molecule has 1 aliphatic rings. The molecule has 0 spiro atoms. The number of aromatic nitrogens is 1. The normalized spacial score (nSPS) is 21.5. The smallest absolute Gasteiger partial charge is 0.329 e. The van der Waals surface area contributed by atoms with E-state index in [-0.39, 0.29) is 12.3 Å². The number of fused-ring (bicyclic) bond motifs is 1. The largest absolute Gasteiger partial charge is 0.480 e. The predicted molar refractivity (Wildman–Crippen MR) is 83.7 cm³/mol. The third-order valence-corrected chi connectivity index (χ3v) is 4.76. The number of hydrogen-bond acceptors (Lipinski definition) is 2. The average molecular weight is 300 g/mol. The molecule has 0 radical (unpaired) electrons. The van der Waals surface area contributed by atoms with Crippen molar-refractivity contribution in [2.24, 2.45) is 0 Å². The number of carbonyl (C=O) groups is 2. The summed E-state index contributed by atoms with van der Waals surface area (Å²) in [4.78, 5) is 29.0. The van der Waals surface area contributed by atoms with E-state index < -0.39 is 11.5 Å². The maximum Gasteiger partial charge on any atom is 0.329 e. The third-order valence-electron chi connectivity index (χ3n) is 4.76. The molecule has 0 bridgehead atoms. The van der Waals surface area contributed by atoms with Gasteiger partial charge in [-0.05, 0) is 38.3 Å². The van der Waals surface area contributed by atoms with Gasteiger partial charge in [0.25, 0.3) is 0 Å².